The molecule has 2 heterocycles. The third-order valence-corrected chi connectivity index (χ3v) is 6.12. The van der Waals surface area contributed by atoms with Gasteiger partial charge in [0.25, 0.3) is 0 Å². The molecule has 5 heteroatoms. The number of halogens is 1. The van der Waals surface area contributed by atoms with Crippen molar-refractivity contribution in [3.05, 3.63) is 11.6 Å². The second-order valence-corrected chi connectivity index (χ2v) is 7.85. The van der Waals surface area contributed by atoms with Gasteiger partial charge in [0.15, 0.2) is 5.96 Å². The Kier molecular flexibility index (Phi) is 9.03. The van der Waals surface area contributed by atoms with E-state index in [2.05, 4.69) is 21.3 Å². The first-order valence-corrected chi connectivity index (χ1v) is 10.0. The molecular weight excluding hydrogens is 425 g/mol. The van der Waals surface area contributed by atoms with E-state index in [0.717, 1.165) is 45.1 Å². The van der Waals surface area contributed by atoms with E-state index < -0.39 is 0 Å². The summed E-state index contributed by atoms with van der Waals surface area (Å²) in [7, 11) is 1.93. The first-order valence-electron chi connectivity index (χ1n) is 10.0. The van der Waals surface area contributed by atoms with Gasteiger partial charge in [-0.05, 0) is 43.9 Å². The number of nitrogens with one attached hydrogen (secondary N) is 1. The van der Waals surface area contributed by atoms with E-state index in [1.54, 1.807) is 0 Å². The number of hydrogen-bond donors (Lipinski definition) is 1. The molecule has 1 aliphatic carbocycles. The predicted molar refractivity (Wildman–Crippen MR) is 116 cm³/mol. The average Bonchev–Trinajstić information content (AvgIpc) is 2.85. The number of guanidine groups is 1. The van der Waals surface area contributed by atoms with Crippen LogP contribution in [-0.4, -0.2) is 50.8 Å². The molecule has 3 aliphatic rings. The van der Waals surface area contributed by atoms with E-state index >= 15 is 0 Å². The highest BCUT2D eigenvalue weighted by molar-refractivity contribution is 14.0. The second kappa shape index (κ2) is 10.8. The molecule has 0 aromatic carbocycles. The highest BCUT2D eigenvalue weighted by Crippen LogP contribution is 2.42. The maximum atomic E-state index is 5.39. The number of rotatable bonds is 3. The summed E-state index contributed by atoms with van der Waals surface area (Å²) < 4.78 is 5.39. The van der Waals surface area contributed by atoms with E-state index in [-0.39, 0.29) is 24.0 Å². The molecule has 0 bridgehead atoms. The highest BCUT2D eigenvalue weighted by Gasteiger charge is 2.36. The van der Waals surface area contributed by atoms with Crippen molar-refractivity contribution in [2.75, 3.05) is 39.9 Å². The lowest BCUT2D eigenvalue weighted by atomic mass is 9.74. The zero-order valence-corrected chi connectivity index (χ0v) is 18.2. The van der Waals surface area contributed by atoms with Crippen molar-refractivity contribution in [2.24, 2.45) is 10.4 Å². The zero-order chi connectivity index (χ0) is 16.7. The number of ether oxygens (including phenoxy) is 1. The molecule has 2 aliphatic heterocycles. The van der Waals surface area contributed by atoms with Crippen LogP contribution in [0.1, 0.15) is 64.2 Å². The third kappa shape index (κ3) is 6.12. The molecule has 3 rings (SSSR count). The zero-order valence-electron chi connectivity index (χ0n) is 15.9. The molecule has 0 atom stereocenters. The van der Waals surface area contributed by atoms with Gasteiger partial charge in [-0.1, -0.05) is 37.3 Å². The van der Waals surface area contributed by atoms with Gasteiger partial charge in [-0.25, -0.2) is 0 Å². The summed E-state index contributed by atoms with van der Waals surface area (Å²) in [6, 6.07) is 0. The van der Waals surface area contributed by atoms with Gasteiger partial charge in [-0.2, -0.15) is 0 Å². The van der Waals surface area contributed by atoms with E-state index in [1.165, 1.54) is 63.5 Å². The van der Waals surface area contributed by atoms with Crippen LogP contribution in [0, 0.1) is 5.41 Å². The number of aliphatic imine (C=N–C) groups is 1. The van der Waals surface area contributed by atoms with Crippen LogP contribution in [0.3, 0.4) is 0 Å². The largest absolute Gasteiger partial charge is 0.377 e. The molecule has 1 saturated carbocycles. The molecule has 0 unspecified atom stereocenters. The fourth-order valence-electron chi connectivity index (χ4n) is 4.73. The van der Waals surface area contributed by atoms with Crippen molar-refractivity contribution in [1.29, 1.82) is 0 Å². The fourth-order valence-corrected chi connectivity index (χ4v) is 4.73. The van der Waals surface area contributed by atoms with Gasteiger partial charge in [-0.3, -0.25) is 4.99 Å². The predicted octanol–water partition coefficient (Wildman–Crippen LogP) is 4.35. The third-order valence-electron chi connectivity index (χ3n) is 6.12. The average molecular weight is 461 g/mol. The Morgan fingerprint density at radius 1 is 1.20 bits per heavy atom. The van der Waals surface area contributed by atoms with Crippen LogP contribution in [0.25, 0.3) is 0 Å². The molecule has 4 nitrogen and oxygen atoms in total. The van der Waals surface area contributed by atoms with Crippen LogP contribution in [0.15, 0.2) is 16.6 Å². The molecular formula is C20H36IN3O. The summed E-state index contributed by atoms with van der Waals surface area (Å²) in [5.41, 5.74) is 2.10. The SMILES string of the molecule is CN=C(NCCC1=CCOCC1)N1CCCC2(CCCCCC2)C1.I. The van der Waals surface area contributed by atoms with E-state index in [0.29, 0.717) is 5.41 Å². The van der Waals surface area contributed by atoms with Crippen LogP contribution in [0.2, 0.25) is 0 Å². The van der Waals surface area contributed by atoms with E-state index in [1.807, 2.05) is 7.05 Å². The molecule has 0 aromatic heterocycles. The van der Waals surface area contributed by atoms with Gasteiger partial charge < -0.3 is 15.0 Å². The molecule has 2 fully saturated rings. The molecule has 1 N–H and O–H groups in total. The molecule has 1 spiro atoms. The van der Waals surface area contributed by atoms with Crippen LogP contribution >= 0.6 is 24.0 Å². The lowest BCUT2D eigenvalue weighted by Gasteiger charge is -2.44. The molecule has 0 radical (unpaired) electrons. The lowest BCUT2D eigenvalue weighted by Crippen LogP contribution is -2.50. The van der Waals surface area contributed by atoms with Crippen molar-refractivity contribution in [3.8, 4) is 0 Å². The Morgan fingerprint density at radius 2 is 1.96 bits per heavy atom. The molecule has 25 heavy (non-hydrogen) atoms. The minimum absolute atomic E-state index is 0. The van der Waals surface area contributed by atoms with Gasteiger partial charge in [0.1, 0.15) is 0 Å². The van der Waals surface area contributed by atoms with Gasteiger partial charge in [-0.15, -0.1) is 24.0 Å². The van der Waals surface area contributed by atoms with Crippen LogP contribution in [0.5, 0.6) is 0 Å². The maximum absolute atomic E-state index is 5.39. The first-order chi connectivity index (χ1) is 11.8. The lowest BCUT2D eigenvalue weighted by molar-refractivity contribution is 0.115. The monoisotopic (exact) mass is 461 g/mol. The van der Waals surface area contributed by atoms with Gasteiger partial charge in [0, 0.05) is 26.7 Å². The van der Waals surface area contributed by atoms with Crippen LogP contribution in [0.4, 0.5) is 0 Å². The summed E-state index contributed by atoms with van der Waals surface area (Å²) >= 11 is 0. The first kappa shape index (κ1) is 21.0. The summed E-state index contributed by atoms with van der Waals surface area (Å²) in [6.45, 7) is 5.04. The van der Waals surface area contributed by atoms with E-state index in [9.17, 15) is 0 Å². The smallest absolute Gasteiger partial charge is 0.193 e. The van der Waals surface area contributed by atoms with Crippen molar-refractivity contribution < 1.29 is 4.74 Å². The van der Waals surface area contributed by atoms with Crippen molar-refractivity contribution in [3.63, 3.8) is 0 Å². The second-order valence-electron chi connectivity index (χ2n) is 7.85. The Morgan fingerprint density at radius 3 is 2.64 bits per heavy atom. The molecule has 1 saturated heterocycles. The minimum Gasteiger partial charge on any atom is -0.377 e. The fraction of sp³-hybridized carbons (Fsp3) is 0.850. The Bertz CT molecular complexity index is 456. The van der Waals surface area contributed by atoms with E-state index in [4.69, 9.17) is 4.74 Å². The molecule has 144 valence electrons. The van der Waals surface area contributed by atoms with Gasteiger partial charge >= 0.3 is 0 Å². The Balaban J connectivity index is 0.00000225. The Hall–Kier alpha value is -0.300. The summed E-state index contributed by atoms with van der Waals surface area (Å²) in [6.07, 6.45) is 15.8. The summed E-state index contributed by atoms with van der Waals surface area (Å²) in [5, 5.41) is 3.62. The normalized spacial score (nSPS) is 24.3. The van der Waals surface area contributed by atoms with Crippen LogP contribution in [-0.2, 0) is 4.74 Å². The quantitative estimate of drug-likeness (QED) is 0.294. The summed E-state index contributed by atoms with van der Waals surface area (Å²) in [5.74, 6) is 1.12. The van der Waals surface area contributed by atoms with Gasteiger partial charge in [0.05, 0.1) is 13.2 Å². The Labute approximate surface area is 170 Å². The number of hydrogen-bond acceptors (Lipinski definition) is 2. The maximum Gasteiger partial charge on any atom is 0.193 e. The summed E-state index contributed by atoms with van der Waals surface area (Å²) in [4.78, 5) is 7.12. The van der Waals surface area contributed by atoms with Crippen molar-refractivity contribution in [2.45, 2.75) is 64.2 Å². The number of likely N-dealkylation sites (tertiary alicyclic amines) is 1. The number of nitrogens with zero attached hydrogens (tertiary/aromatic N) is 2. The van der Waals surface area contributed by atoms with Crippen molar-refractivity contribution >= 4 is 29.9 Å². The standard InChI is InChI=1S/C20H35N3O.HI/c1-21-19(22-13-7-18-8-15-24-16-9-18)23-14-6-12-20(17-23)10-4-2-3-5-11-20;/h8H,2-7,9-17H2,1H3,(H,21,22);1H. The van der Waals surface area contributed by atoms with Crippen LogP contribution < -0.4 is 5.32 Å². The number of piperidine rings is 1. The van der Waals surface area contributed by atoms with Crippen molar-refractivity contribution in [1.82, 2.24) is 10.2 Å². The molecule has 0 aromatic rings. The highest BCUT2D eigenvalue weighted by atomic mass is 127. The molecule has 0 amide bonds. The topological polar surface area (TPSA) is 36.9 Å². The minimum atomic E-state index is 0. The van der Waals surface area contributed by atoms with Gasteiger partial charge in [0.2, 0.25) is 0 Å².